The van der Waals surface area contributed by atoms with E-state index in [4.69, 9.17) is 5.11 Å². The van der Waals surface area contributed by atoms with Crippen molar-refractivity contribution in [1.29, 1.82) is 0 Å². The van der Waals surface area contributed by atoms with Gasteiger partial charge in [-0.1, -0.05) is 13.8 Å². The number of anilines is 1. The van der Waals surface area contributed by atoms with Crippen LogP contribution in [0.2, 0.25) is 0 Å². The van der Waals surface area contributed by atoms with Gasteiger partial charge in [0, 0.05) is 23.2 Å². The molecular weight excluding hydrogens is 249 g/mol. The lowest BCUT2D eigenvalue weighted by Crippen LogP contribution is -2.19. The van der Waals surface area contributed by atoms with E-state index in [2.05, 4.69) is 5.32 Å². The van der Waals surface area contributed by atoms with Gasteiger partial charge in [0.2, 0.25) is 5.91 Å². The highest BCUT2D eigenvalue weighted by Gasteiger charge is 2.11. The molecule has 0 saturated heterocycles. The summed E-state index contributed by atoms with van der Waals surface area (Å²) in [6.07, 6.45) is 2.72. The Morgan fingerprint density at radius 1 is 1.47 bits per heavy atom. The Bertz CT molecular complexity index is 511. The monoisotopic (exact) mass is 265 g/mol. The molecule has 1 amide bonds. The van der Waals surface area contributed by atoms with Crippen LogP contribution >= 0.6 is 0 Å². The predicted octanol–water partition coefficient (Wildman–Crippen LogP) is 2.91. The third kappa shape index (κ3) is 4.54. The zero-order valence-corrected chi connectivity index (χ0v) is 10.8. The van der Waals surface area contributed by atoms with Crippen LogP contribution in [-0.4, -0.2) is 17.0 Å². The topological polar surface area (TPSA) is 66.4 Å². The summed E-state index contributed by atoms with van der Waals surface area (Å²) >= 11 is 0. The maximum Gasteiger partial charge on any atom is 0.328 e. The number of carboxylic acids is 1. The van der Waals surface area contributed by atoms with Crippen molar-refractivity contribution in [2.75, 3.05) is 5.32 Å². The van der Waals surface area contributed by atoms with Crippen molar-refractivity contribution in [2.24, 2.45) is 5.92 Å². The van der Waals surface area contributed by atoms with Gasteiger partial charge in [0.15, 0.2) is 0 Å². The quantitative estimate of drug-likeness (QED) is 0.804. The van der Waals surface area contributed by atoms with Gasteiger partial charge in [-0.25, -0.2) is 9.18 Å². The van der Waals surface area contributed by atoms with Crippen molar-refractivity contribution in [1.82, 2.24) is 0 Å². The molecule has 5 heteroatoms. The van der Waals surface area contributed by atoms with E-state index in [0.29, 0.717) is 12.1 Å². The van der Waals surface area contributed by atoms with Gasteiger partial charge < -0.3 is 10.4 Å². The highest BCUT2D eigenvalue weighted by atomic mass is 19.1. The second kappa shape index (κ2) is 6.68. The van der Waals surface area contributed by atoms with Crippen LogP contribution < -0.4 is 5.32 Å². The second-order valence-electron chi connectivity index (χ2n) is 4.21. The molecule has 0 fully saturated rings. The van der Waals surface area contributed by atoms with E-state index in [9.17, 15) is 14.0 Å². The zero-order chi connectivity index (χ0) is 14.4. The fraction of sp³-hybridized carbons (Fsp3) is 0.286. The summed E-state index contributed by atoms with van der Waals surface area (Å²) in [5.74, 6) is -2.04. The molecule has 0 aliphatic carbocycles. The van der Waals surface area contributed by atoms with Crippen molar-refractivity contribution >= 4 is 23.6 Å². The van der Waals surface area contributed by atoms with E-state index < -0.39 is 11.8 Å². The van der Waals surface area contributed by atoms with E-state index in [1.54, 1.807) is 6.92 Å². The highest BCUT2D eigenvalue weighted by molar-refractivity contribution is 5.92. The molecule has 0 aliphatic rings. The molecule has 2 N–H and O–H groups in total. The molecule has 1 aromatic carbocycles. The van der Waals surface area contributed by atoms with E-state index >= 15 is 0 Å². The Balaban J connectivity index is 2.82. The van der Waals surface area contributed by atoms with Gasteiger partial charge >= 0.3 is 5.97 Å². The van der Waals surface area contributed by atoms with Gasteiger partial charge in [-0.3, -0.25) is 4.79 Å². The van der Waals surface area contributed by atoms with Crippen molar-refractivity contribution in [3.63, 3.8) is 0 Å². The molecular formula is C14H16FNO3. The molecule has 0 bridgehead atoms. The van der Waals surface area contributed by atoms with Gasteiger partial charge in [0.25, 0.3) is 0 Å². The summed E-state index contributed by atoms with van der Waals surface area (Å²) < 4.78 is 13.6. The molecule has 0 heterocycles. The summed E-state index contributed by atoms with van der Waals surface area (Å²) in [5.41, 5.74) is 0.513. The molecule has 1 unspecified atom stereocenters. The molecule has 19 heavy (non-hydrogen) atoms. The number of amides is 1. The first kappa shape index (κ1) is 14.9. The maximum atomic E-state index is 13.6. The average molecular weight is 265 g/mol. The van der Waals surface area contributed by atoms with Crippen LogP contribution in [0.15, 0.2) is 24.3 Å². The largest absolute Gasteiger partial charge is 0.478 e. The minimum Gasteiger partial charge on any atom is -0.478 e. The molecule has 0 radical (unpaired) electrons. The van der Waals surface area contributed by atoms with Gasteiger partial charge in [-0.05, 0) is 30.7 Å². The number of rotatable bonds is 5. The molecule has 0 spiro atoms. The zero-order valence-electron chi connectivity index (χ0n) is 10.8. The number of benzene rings is 1. The molecule has 102 valence electrons. The third-order valence-electron chi connectivity index (χ3n) is 2.73. The first-order valence-electron chi connectivity index (χ1n) is 5.95. The summed E-state index contributed by atoms with van der Waals surface area (Å²) in [7, 11) is 0. The first-order valence-corrected chi connectivity index (χ1v) is 5.95. The molecule has 0 saturated carbocycles. The van der Waals surface area contributed by atoms with Gasteiger partial charge in [0.05, 0.1) is 0 Å². The summed E-state index contributed by atoms with van der Waals surface area (Å²) in [6, 6.07) is 4.12. The fourth-order valence-electron chi connectivity index (χ4n) is 1.35. The van der Waals surface area contributed by atoms with Gasteiger partial charge in [-0.15, -0.1) is 0 Å². The highest BCUT2D eigenvalue weighted by Crippen LogP contribution is 2.17. The SMILES string of the molecule is CCC(C)C(=O)Nc1ccc(C=CC(=O)O)c(F)c1. The summed E-state index contributed by atoms with van der Waals surface area (Å²) in [6.45, 7) is 3.68. The number of halogens is 1. The Hall–Kier alpha value is -2.17. The molecule has 1 atom stereocenters. The number of carbonyl (C=O) groups excluding carboxylic acids is 1. The lowest BCUT2D eigenvalue weighted by Gasteiger charge is -2.10. The van der Waals surface area contributed by atoms with Crippen LogP contribution in [-0.2, 0) is 9.59 Å². The molecule has 0 aromatic heterocycles. The number of carbonyl (C=O) groups is 2. The smallest absolute Gasteiger partial charge is 0.328 e. The number of nitrogens with one attached hydrogen (secondary N) is 1. The summed E-state index contributed by atoms with van der Waals surface area (Å²) in [5, 5.41) is 11.1. The van der Waals surface area contributed by atoms with E-state index in [1.807, 2.05) is 6.92 Å². The van der Waals surface area contributed by atoms with Crippen LogP contribution in [0.3, 0.4) is 0 Å². The van der Waals surface area contributed by atoms with Crippen LogP contribution in [0.4, 0.5) is 10.1 Å². The molecule has 1 aromatic rings. The Kier molecular flexibility index (Phi) is 5.23. The number of aliphatic carboxylic acids is 1. The molecule has 1 rings (SSSR count). The van der Waals surface area contributed by atoms with Crippen molar-refractivity contribution in [3.05, 3.63) is 35.7 Å². The average Bonchev–Trinajstić information content (AvgIpc) is 2.36. The number of hydrogen-bond acceptors (Lipinski definition) is 2. The van der Waals surface area contributed by atoms with Crippen LogP contribution in [0, 0.1) is 11.7 Å². The standard InChI is InChI=1S/C14H16FNO3/c1-3-9(2)14(19)16-11-6-4-10(12(15)8-11)5-7-13(17)18/h4-9H,3H2,1-2H3,(H,16,19)(H,17,18). The summed E-state index contributed by atoms with van der Waals surface area (Å²) in [4.78, 5) is 22.0. The van der Waals surface area contributed by atoms with Crippen LogP contribution in [0.25, 0.3) is 6.08 Å². The second-order valence-corrected chi connectivity index (χ2v) is 4.21. The number of carboxylic acid groups (broad SMARTS) is 1. The lowest BCUT2D eigenvalue weighted by atomic mass is 10.1. The van der Waals surface area contributed by atoms with Crippen molar-refractivity contribution in [2.45, 2.75) is 20.3 Å². The van der Waals surface area contributed by atoms with Crippen LogP contribution in [0.5, 0.6) is 0 Å². The maximum absolute atomic E-state index is 13.6. The fourth-order valence-corrected chi connectivity index (χ4v) is 1.35. The van der Waals surface area contributed by atoms with Crippen LogP contribution in [0.1, 0.15) is 25.8 Å². The van der Waals surface area contributed by atoms with Gasteiger partial charge in [0.1, 0.15) is 5.82 Å². The van der Waals surface area contributed by atoms with Crippen molar-refractivity contribution in [3.8, 4) is 0 Å². The van der Waals surface area contributed by atoms with Gasteiger partial charge in [-0.2, -0.15) is 0 Å². The first-order chi connectivity index (χ1) is 8.93. The normalized spacial score (nSPS) is 12.4. The van der Waals surface area contributed by atoms with E-state index in [0.717, 1.165) is 12.2 Å². The number of hydrogen-bond donors (Lipinski definition) is 2. The lowest BCUT2D eigenvalue weighted by molar-refractivity contribution is -0.131. The Morgan fingerprint density at radius 3 is 2.68 bits per heavy atom. The minimum absolute atomic E-state index is 0.144. The third-order valence-corrected chi connectivity index (χ3v) is 2.73. The Morgan fingerprint density at radius 2 is 2.16 bits per heavy atom. The molecule has 0 aliphatic heterocycles. The van der Waals surface area contributed by atoms with E-state index in [1.165, 1.54) is 18.2 Å². The minimum atomic E-state index is -1.14. The van der Waals surface area contributed by atoms with Crippen molar-refractivity contribution < 1.29 is 19.1 Å². The molecule has 4 nitrogen and oxygen atoms in total. The van der Waals surface area contributed by atoms with E-state index in [-0.39, 0.29) is 17.4 Å². The predicted molar refractivity (Wildman–Crippen MR) is 71.2 cm³/mol. The Labute approximate surface area is 110 Å².